The van der Waals surface area contributed by atoms with Crippen molar-refractivity contribution in [1.82, 2.24) is 10.2 Å². The number of nitrogens with one attached hydrogen (secondary N) is 1. The Labute approximate surface area is 95.3 Å². The van der Waals surface area contributed by atoms with Crippen LogP contribution in [0.2, 0.25) is 19.1 Å². The summed E-state index contributed by atoms with van der Waals surface area (Å²) in [4.78, 5) is 2.57. The van der Waals surface area contributed by atoms with E-state index in [2.05, 4.69) is 30.2 Å². The van der Waals surface area contributed by atoms with Gasteiger partial charge in [0.1, 0.15) is 0 Å². The van der Waals surface area contributed by atoms with Gasteiger partial charge in [0.05, 0.1) is 0 Å². The van der Waals surface area contributed by atoms with E-state index >= 15 is 0 Å². The zero-order valence-electron chi connectivity index (χ0n) is 10.7. The van der Waals surface area contributed by atoms with E-state index in [1.807, 2.05) is 7.11 Å². The maximum atomic E-state index is 5.61. The summed E-state index contributed by atoms with van der Waals surface area (Å²) < 4.78 is 5.61. The molecule has 1 aliphatic rings. The third kappa shape index (κ3) is 5.11. The van der Waals surface area contributed by atoms with Crippen LogP contribution in [0.5, 0.6) is 0 Å². The lowest BCUT2D eigenvalue weighted by molar-refractivity contribution is 0.214. The summed E-state index contributed by atoms with van der Waals surface area (Å²) in [5, 5.41) is 3.39. The van der Waals surface area contributed by atoms with E-state index in [1.54, 1.807) is 0 Å². The summed E-state index contributed by atoms with van der Waals surface area (Å²) in [7, 11) is 0.498. The minimum atomic E-state index is -1.37. The number of nitrogens with zero attached hydrogens (tertiary/aromatic N) is 1. The summed E-state index contributed by atoms with van der Waals surface area (Å²) in [5.41, 5.74) is 0. The third-order valence-electron chi connectivity index (χ3n) is 3.17. The van der Waals surface area contributed by atoms with Crippen LogP contribution in [0, 0.1) is 5.92 Å². The molecule has 0 spiro atoms. The molecule has 1 unspecified atom stereocenters. The summed E-state index contributed by atoms with van der Waals surface area (Å²) in [6, 6.07) is 1.27. The van der Waals surface area contributed by atoms with Crippen LogP contribution in [-0.2, 0) is 4.43 Å². The van der Waals surface area contributed by atoms with Crippen molar-refractivity contribution >= 4 is 8.32 Å². The Hall–Kier alpha value is 0.0969. The Kier molecular flexibility index (Phi) is 5.25. The molecule has 1 atom stereocenters. The summed E-state index contributed by atoms with van der Waals surface area (Å²) in [6.45, 7) is 12.9. The second-order valence-corrected chi connectivity index (χ2v) is 9.66. The first-order chi connectivity index (χ1) is 7.03. The first-order valence-corrected chi connectivity index (χ1v) is 9.13. The van der Waals surface area contributed by atoms with Crippen molar-refractivity contribution in [3.63, 3.8) is 0 Å². The Morgan fingerprint density at radius 3 is 2.47 bits per heavy atom. The molecule has 0 aliphatic carbocycles. The third-order valence-corrected chi connectivity index (χ3v) is 5.96. The van der Waals surface area contributed by atoms with Crippen LogP contribution in [-0.4, -0.2) is 53.1 Å². The van der Waals surface area contributed by atoms with Crippen molar-refractivity contribution in [2.24, 2.45) is 5.92 Å². The highest BCUT2D eigenvalue weighted by molar-refractivity contribution is 6.71. The normalized spacial score (nSPS) is 21.6. The minimum Gasteiger partial charge on any atom is -0.420 e. The first-order valence-electron chi connectivity index (χ1n) is 6.02. The molecule has 1 aliphatic heterocycles. The number of hydrogen-bond donors (Lipinski definition) is 1. The standard InChI is InChI=1S/C11H26N2OSi/c1-11(10-15(3,4)14-2)9-13-7-5-12-6-8-13/h11-12H,5-10H2,1-4H3. The van der Waals surface area contributed by atoms with Crippen LogP contribution in [0.25, 0.3) is 0 Å². The van der Waals surface area contributed by atoms with Gasteiger partial charge in [0, 0.05) is 39.8 Å². The predicted octanol–water partition coefficient (Wildman–Crippen LogP) is 1.38. The fourth-order valence-electron chi connectivity index (χ4n) is 2.32. The zero-order valence-corrected chi connectivity index (χ0v) is 11.7. The monoisotopic (exact) mass is 230 g/mol. The van der Waals surface area contributed by atoms with Gasteiger partial charge < -0.3 is 14.6 Å². The quantitative estimate of drug-likeness (QED) is 0.722. The fraction of sp³-hybridized carbons (Fsp3) is 1.00. The van der Waals surface area contributed by atoms with Gasteiger partial charge in [0.25, 0.3) is 0 Å². The van der Waals surface area contributed by atoms with E-state index in [0.29, 0.717) is 0 Å². The molecule has 0 radical (unpaired) electrons. The highest BCUT2D eigenvalue weighted by Crippen LogP contribution is 2.18. The second kappa shape index (κ2) is 5.99. The lowest BCUT2D eigenvalue weighted by atomic mass is 10.2. The molecular formula is C11H26N2OSi. The molecule has 0 saturated carbocycles. The van der Waals surface area contributed by atoms with Crippen molar-refractivity contribution in [2.45, 2.75) is 26.1 Å². The average Bonchev–Trinajstić information content (AvgIpc) is 2.18. The topological polar surface area (TPSA) is 24.5 Å². The van der Waals surface area contributed by atoms with Crippen LogP contribution < -0.4 is 5.32 Å². The molecule has 1 saturated heterocycles. The van der Waals surface area contributed by atoms with Gasteiger partial charge in [-0.05, 0) is 25.1 Å². The van der Waals surface area contributed by atoms with Gasteiger partial charge in [-0.25, -0.2) is 0 Å². The Morgan fingerprint density at radius 1 is 1.33 bits per heavy atom. The number of hydrogen-bond acceptors (Lipinski definition) is 3. The largest absolute Gasteiger partial charge is 0.420 e. The molecule has 1 N–H and O–H groups in total. The number of rotatable bonds is 5. The molecule has 0 bridgehead atoms. The molecule has 0 aromatic heterocycles. The van der Waals surface area contributed by atoms with E-state index in [1.165, 1.54) is 25.7 Å². The fourth-order valence-corrected chi connectivity index (χ4v) is 4.30. The molecule has 1 fully saturated rings. The molecule has 0 aromatic rings. The van der Waals surface area contributed by atoms with Crippen molar-refractivity contribution in [3.8, 4) is 0 Å². The number of piperazine rings is 1. The van der Waals surface area contributed by atoms with Gasteiger partial charge in [0.2, 0.25) is 0 Å². The van der Waals surface area contributed by atoms with Gasteiger partial charge in [-0.2, -0.15) is 0 Å². The van der Waals surface area contributed by atoms with Crippen LogP contribution in [0.1, 0.15) is 6.92 Å². The van der Waals surface area contributed by atoms with Crippen molar-refractivity contribution in [2.75, 3.05) is 39.8 Å². The smallest absolute Gasteiger partial charge is 0.186 e. The van der Waals surface area contributed by atoms with E-state index in [9.17, 15) is 0 Å². The predicted molar refractivity (Wildman–Crippen MR) is 67.8 cm³/mol. The van der Waals surface area contributed by atoms with Gasteiger partial charge >= 0.3 is 0 Å². The molecule has 90 valence electrons. The van der Waals surface area contributed by atoms with E-state index in [4.69, 9.17) is 4.43 Å². The van der Waals surface area contributed by atoms with Crippen molar-refractivity contribution < 1.29 is 4.43 Å². The summed E-state index contributed by atoms with van der Waals surface area (Å²) in [6.07, 6.45) is 0. The molecule has 15 heavy (non-hydrogen) atoms. The Balaban J connectivity index is 2.25. The zero-order chi connectivity index (χ0) is 11.3. The maximum absolute atomic E-state index is 5.61. The van der Waals surface area contributed by atoms with Gasteiger partial charge in [0.15, 0.2) is 8.32 Å². The summed E-state index contributed by atoms with van der Waals surface area (Å²) in [5.74, 6) is 0.768. The highest BCUT2D eigenvalue weighted by atomic mass is 28.4. The summed E-state index contributed by atoms with van der Waals surface area (Å²) >= 11 is 0. The van der Waals surface area contributed by atoms with Crippen molar-refractivity contribution in [3.05, 3.63) is 0 Å². The molecule has 3 nitrogen and oxygen atoms in total. The first kappa shape index (κ1) is 13.2. The Morgan fingerprint density at radius 2 is 1.93 bits per heavy atom. The Bertz CT molecular complexity index is 181. The molecule has 1 rings (SSSR count). The molecule has 0 amide bonds. The van der Waals surface area contributed by atoms with Crippen LogP contribution in [0.3, 0.4) is 0 Å². The molecular weight excluding hydrogens is 204 g/mol. The van der Waals surface area contributed by atoms with Crippen LogP contribution in [0.4, 0.5) is 0 Å². The van der Waals surface area contributed by atoms with Gasteiger partial charge in [-0.3, -0.25) is 0 Å². The van der Waals surface area contributed by atoms with E-state index in [-0.39, 0.29) is 0 Å². The average molecular weight is 230 g/mol. The second-order valence-electron chi connectivity index (χ2n) is 5.32. The molecule has 0 aromatic carbocycles. The SMILES string of the molecule is CO[Si](C)(C)CC(C)CN1CCNCC1. The van der Waals surface area contributed by atoms with E-state index in [0.717, 1.165) is 19.0 Å². The lowest BCUT2D eigenvalue weighted by Crippen LogP contribution is -2.45. The van der Waals surface area contributed by atoms with Crippen LogP contribution >= 0.6 is 0 Å². The minimum absolute atomic E-state index is 0.768. The van der Waals surface area contributed by atoms with Gasteiger partial charge in [-0.1, -0.05) is 6.92 Å². The molecule has 4 heteroatoms. The van der Waals surface area contributed by atoms with E-state index < -0.39 is 8.32 Å². The molecule has 1 heterocycles. The lowest BCUT2D eigenvalue weighted by Gasteiger charge is -2.32. The highest BCUT2D eigenvalue weighted by Gasteiger charge is 2.25. The van der Waals surface area contributed by atoms with Crippen LogP contribution in [0.15, 0.2) is 0 Å². The van der Waals surface area contributed by atoms with Crippen molar-refractivity contribution in [1.29, 1.82) is 0 Å². The maximum Gasteiger partial charge on any atom is 0.186 e. The van der Waals surface area contributed by atoms with Gasteiger partial charge in [-0.15, -0.1) is 0 Å².